The molecule has 1 atom stereocenters. The van der Waals surface area contributed by atoms with Gasteiger partial charge in [0, 0.05) is 58.7 Å². The predicted molar refractivity (Wildman–Crippen MR) is 102 cm³/mol. The maximum atomic E-state index is 13.1. The number of halogens is 2. The minimum absolute atomic E-state index is 0.232. The quantitative estimate of drug-likeness (QED) is 0.544. The Bertz CT molecular complexity index is 1160. The van der Waals surface area contributed by atoms with Crippen molar-refractivity contribution in [2.75, 3.05) is 0 Å². The summed E-state index contributed by atoms with van der Waals surface area (Å²) >= 11 is 1.47. The molecule has 1 aliphatic carbocycles. The number of fused-ring (bicyclic) bond motifs is 2. The third-order valence-electron chi connectivity index (χ3n) is 5.21. The first-order chi connectivity index (χ1) is 12.9. The number of aromatic nitrogens is 3. The van der Waals surface area contributed by atoms with E-state index in [1.54, 1.807) is 10.9 Å². The van der Waals surface area contributed by atoms with E-state index in [9.17, 15) is 13.9 Å². The van der Waals surface area contributed by atoms with Gasteiger partial charge in [-0.25, -0.2) is 13.8 Å². The van der Waals surface area contributed by atoms with E-state index in [2.05, 4.69) is 22.2 Å². The van der Waals surface area contributed by atoms with E-state index < -0.39 is 12.0 Å². The molecule has 0 spiro atoms. The second kappa shape index (κ2) is 5.81. The molecule has 0 radical (unpaired) electrons. The van der Waals surface area contributed by atoms with Crippen LogP contribution in [0.2, 0.25) is 0 Å². The van der Waals surface area contributed by atoms with Crippen LogP contribution in [0.4, 0.5) is 8.78 Å². The van der Waals surface area contributed by atoms with Crippen molar-refractivity contribution < 1.29 is 13.9 Å². The highest BCUT2D eigenvalue weighted by Gasteiger charge is 2.48. The molecule has 1 aromatic carbocycles. The number of alkyl halides is 2. The Labute approximate surface area is 158 Å². The lowest BCUT2D eigenvalue weighted by atomic mass is 9.77. The number of aliphatic hydroxyl groups excluding tert-OH is 1. The number of hydrogen-bond donors (Lipinski definition) is 1. The zero-order valence-electron chi connectivity index (χ0n) is 14.6. The highest BCUT2D eigenvalue weighted by molar-refractivity contribution is 7.19. The van der Waals surface area contributed by atoms with E-state index in [1.807, 2.05) is 31.4 Å². The van der Waals surface area contributed by atoms with Crippen molar-refractivity contribution in [3.05, 3.63) is 47.6 Å². The zero-order chi connectivity index (χ0) is 18.8. The third kappa shape index (κ3) is 2.91. The van der Waals surface area contributed by atoms with E-state index in [4.69, 9.17) is 0 Å². The van der Waals surface area contributed by atoms with Crippen LogP contribution in [0.25, 0.3) is 32.2 Å². The van der Waals surface area contributed by atoms with E-state index >= 15 is 0 Å². The molecule has 1 saturated carbocycles. The second-order valence-electron chi connectivity index (χ2n) is 7.31. The molecule has 0 saturated heterocycles. The van der Waals surface area contributed by atoms with Crippen molar-refractivity contribution >= 4 is 32.5 Å². The fraction of sp³-hybridized carbons (Fsp3) is 0.300. The lowest BCUT2D eigenvalue weighted by molar-refractivity contribution is -0.141. The standard InChI is InChI=1S/C20H17F2N3OS/c1-25-10-14-4-13(9-23-19(14)24-25)11-2-3-12-6-17(27-16(12)5-11)18(26)15-7-20(21,22)8-15/h2-6,9-10,15,18,26H,7-8H2,1H3. The summed E-state index contributed by atoms with van der Waals surface area (Å²) in [5, 5.41) is 16.7. The lowest BCUT2D eigenvalue weighted by Gasteiger charge is -2.37. The number of hydrogen-bond acceptors (Lipinski definition) is 4. The van der Waals surface area contributed by atoms with Crippen molar-refractivity contribution in [3.63, 3.8) is 0 Å². The van der Waals surface area contributed by atoms with Crippen molar-refractivity contribution in [1.82, 2.24) is 14.8 Å². The molecule has 0 aliphatic heterocycles. The fourth-order valence-electron chi connectivity index (χ4n) is 3.73. The summed E-state index contributed by atoms with van der Waals surface area (Å²) in [6.07, 6.45) is 2.45. The molecule has 4 aromatic rings. The number of aliphatic hydroxyl groups is 1. The average molecular weight is 385 g/mol. The van der Waals surface area contributed by atoms with Crippen molar-refractivity contribution in [2.45, 2.75) is 24.9 Å². The molecule has 1 aliphatic rings. The first-order valence-electron chi connectivity index (χ1n) is 8.77. The summed E-state index contributed by atoms with van der Waals surface area (Å²) in [7, 11) is 1.86. The molecule has 1 fully saturated rings. The van der Waals surface area contributed by atoms with Gasteiger partial charge in [0.15, 0.2) is 5.65 Å². The summed E-state index contributed by atoms with van der Waals surface area (Å²) in [6.45, 7) is 0. The summed E-state index contributed by atoms with van der Waals surface area (Å²) in [4.78, 5) is 5.16. The molecule has 138 valence electrons. The van der Waals surface area contributed by atoms with Gasteiger partial charge in [-0.2, -0.15) is 5.10 Å². The van der Waals surface area contributed by atoms with Crippen LogP contribution < -0.4 is 0 Å². The maximum Gasteiger partial charge on any atom is 0.248 e. The highest BCUT2D eigenvalue weighted by atomic mass is 32.1. The van der Waals surface area contributed by atoms with Gasteiger partial charge < -0.3 is 5.11 Å². The van der Waals surface area contributed by atoms with Gasteiger partial charge in [0.1, 0.15) is 0 Å². The molecule has 3 heterocycles. The Morgan fingerprint density at radius 3 is 2.78 bits per heavy atom. The normalized spacial score (nSPS) is 18.1. The summed E-state index contributed by atoms with van der Waals surface area (Å²) in [5.41, 5.74) is 2.73. The van der Waals surface area contributed by atoms with Crippen LogP contribution in [0, 0.1) is 5.92 Å². The van der Waals surface area contributed by atoms with Gasteiger partial charge in [0.2, 0.25) is 5.92 Å². The van der Waals surface area contributed by atoms with Crippen LogP contribution in [0.15, 0.2) is 42.7 Å². The van der Waals surface area contributed by atoms with Crippen LogP contribution in [-0.4, -0.2) is 25.8 Å². The number of nitrogens with zero attached hydrogens (tertiary/aromatic N) is 3. The van der Waals surface area contributed by atoms with Gasteiger partial charge in [-0.15, -0.1) is 11.3 Å². The lowest BCUT2D eigenvalue weighted by Crippen LogP contribution is -2.38. The third-order valence-corrected chi connectivity index (χ3v) is 6.37. The minimum atomic E-state index is -2.62. The molecule has 7 heteroatoms. The number of benzene rings is 1. The molecule has 4 nitrogen and oxygen atoms in total. The van der Waals surface area contributed by atoms with Gasteiger partial charge in [-0.1, -0.05) is 12.1 Å². The van der Waals surface area contributed by atoms with Crippen LogP contribution in [-0.2, 0) is 7.05 Å². The molecular weight excluding hydrogens is 368 g/mol. The Hall–Kier alpha value is -2.38. The Balaban J connectivity index is 1.47. The van der Waals surface area contributed by atoms with Crippen molar-refractivity contribution in [1.29, 1.82) is 0 Å². The van der Waals surface area contributed by atoms with E-state index in [1.165, 1.54) is 11.3 Å². The molecule has 5 rings (SSSR count). The summed E-state index contributed by atoms with van der Waals surface area (Å²) < 4.78 is 29.0. The van der Waals surface area contributed by atoms with Gasteiger partial charge in [-0.05, 0) is 29.1 Å². The van der Waals surface area contributed by atoms with Gasteiger partial charge in [0.05, 0.1) is 6.10 Å². The van der Waals surface area contributed by atoms with Crippen molar-refractivity contribution in [3.8, 4) is 11.1 Å². The summed E-state index contributed by atoms with van der Waals surface area (Å²) in [6, 6.07) is 10.0. The first kappa shape index (κ1) is 16.8. The predicted octanol–water partition coefficient (Wildman–Crippen LogP) is 4.93. The SMILES string of the molecule is Cn1cc2cc(-c3ccc4cc(C(O)C5CC(F)(F)C5)sc4c3)cnc2n1. The van der Waals surface area contributed by atoms with E-state index in [0.29, 0.717) is 5.65 Å². The van der Waals surface area contributed by atoms with E-state index in [-0.39, 0.29) is 18.8 Å². The number of pyridine rings is 1. The van der Waals surface area contributed by atoms with Gasteiger partial charge in [-0.3, -0.25) is 4.68 Å². The number of rotatable bonds is 3. The minimum Gasteiger partial charge on any atom is -0.387 e. The van der Waals surface area contributed by atoms with Gasteiger partial charge in [0.25, 0.3) is 0 Å². The fourth-order valence-corrected chi connectivity index (χ4v) is 4.91. The average Bonchev–Trinajstić information content (AvgIpc) is 3.19. The molecule has 1 N–H and O–H groups in total. The van der Waals surface area contributed by atoms with Crippen LogP contribution in [0.3, 0.4) is 0 Å². The Morgan fingerprint density at radius 1 is 1.19 bits per heavy atom. The first-order valence-corrected chi connectivity index (χ1v) is 9.59. The molecule has 27 heavy (non-hydrogen) atoms. The highest BCUT2D eigenvalue weighted by Crippen LogP contribution is 2.49. The monoisotopic (exact) mass is 385 g/mol. The molecule has 3 aromatic heterocycles. The Morgan fingerprint density at radius 2 is 2.00 bits per heavy atom. The van der Waals surface area contributed by atoms with E-state index in [0.717, 1.165) is 31.5 Å². The van der Waals surface area contributed by atoms with Crippen LogP contribution >= 0.6 is 11.3 Å². The topological polar surface area (TPSA) is 50.9 Å². The molecule has 1 unspecified atom stereocenters. The second-order valence-corrected chi connectivity index (χ2v) is 8.43. The van der Waals surface area contributed by atoms with Crippen molar-refractivity contribution in [2.24, 2.45) is 13.0 Å². The maximum absolute atomic E-state index is 13.1. The zero-order valence-corrected chi connectivity index (χ0v) is 15.4. The summed E-state index contributed by atoms with van der Waals surface area (Å²) in [5.74, 6) is -2.97. The largest absolute Gasteiger partial charge is 0.387 e. The molecular formula is C20H17F2N3OS. The Kier molecular flexibility index (Phi) is 3.61. The smallest absolute Gasteiger partial charge is 0.248 e. The van der Waals surface area contributed by atoms with Gasteiger partial charge >= 0.3 is 0 Å². The molecule has 0 bridgehead atoms. The number of aryl methyl sites for hydroxylation is 1. The number of thiophene rings is 1. The molecule has 0 amide bonds. The van der Waals surface area contributed by atoms with Crippen LogP contribution in [0.5, 0.6) is 0 Å². The van der Waals surface area contributed by atoms with Crippen LogP contribution in [0.1, 0.15) is 23.8 Å².